The van der Waals surface area contributed by atoms with Crippen molar-refractivity contribution in [1.29, 1.82) is 0 Å². The van der Waals surface area contributed by atoms with E-state index < -0.39 is 0 Å². The molecule has 0 aromatic heterocycles. The monoisotopic (exact) mass is 271 g/mol. The van der Waals surface area contributed by atoms with Crippen molar-refractivity contribution in [3.8, 4) is 0 Å². The van der Waals surface area contributed by atoms with Gasteiger partial charge in [0, 0.05) is 17.6 Å². The van der Waals surface area contributed by atoms with Crippen LogP contribution in [0.15, 0.2) is 47.6 Å². The summed E-state index contributed by atoms with van der Waals surface area (Å²) < 4.78 is 0. The maximum absolute atomic E-state index is 8.75. The fourth-order valence-corrected chi connectivity index (χ4v) is 2.08. The summed E-state index contributed by atoms with van der Waals surface area (Å²) in [6, 6.07) is 14.6. The number of hydrogen-bond donors (Lipinski definition) is 3. The minimum atomic E-state index is -0.321. The lowest BCUT2D eigenvalue weighted by Gasteiger charge is -2.23. The summed E-state index contributed by atoms with van der Waals surface area (Å²) >= 11 is 0. The number of anilines is 1. The third-order valence-electron chi connectivity index (χ3n) is 3.63. The minimum Gasteiger partial charge on any atom is -0.409 e. The van der Waals surface area contributed by atoms with Crippen molar-refractivity contribution < 1.29 is 5.21 Å². The predicted molar refractivity (Wildman–Crippen MR) is 84.2 cm³/mol. The molecule has 4 N–H and O–H groups in total. The van der Waals surface area contributed by atoms with Gasteiger partial charge >= 0.3 is 0 Å². The molecule has 0 radical (unpaired) electrons. The number of benzene rings is 2. The van der Waals surface area contributed by atoms with E-state index in [9.17, 15) is 0 Å². The van der Waals surface area contributed by atoms with Gasteiger partial charge in [-0.15, -0.1) is 0 Å². The van der Waals surface area contributed by atoms with E-state index in [0.29, 0.717) is 0 Å². The number of hydrogen-bond acceptors (Lipinski definition) is 3. The Kier molecular flexibility index (Phi) is 4.13. The van der Waals surface area contributed by atoms with E-state index in [0.717, 1.165) is 18.7 Å². The predicted octanol–water partition coefficient (Wildman–Crippen LogP) is 3.41. The number of nitrogens with two attached hydrogens (primary N) is 1. The smallest absolute Gasteiger partial charge is 0.144 e. The molecule has 4 nitrogen and oxygen atoms in total. The third kappa shape index (κ3) is 3.20. The van der Waals surface area contributed by atoms with Crippen LogP contribution < -0.4 is 11.1 Å². The van der Waals surface area contributed by atoms with Gasteiger partial charge < -0.3 is 16.3 Å². The number of rotatable bonds is 5. The zero-order chi connectivity index (χ0) is 14.6. The first-order chi connectivity index (χ1) is 9.53. The van der Waals surface area contributed by atoms with Crippen LogP contribution in [0.1, 0.15) is 20.3 Å². The lowest BCUT2D eigenvalue weighted by Crippen LogP contribution is -2.33. The molecular weight excluding hydrogens is 250 g/mol. The highest BCUT2D eigenvalue weighted by Gasteiger charge is 2.22. The second-order valence-corrected chi connectivity index (χ2v) is 5.61. The Bertz CT molecular complexity index is 620. The van der Waals surface area contributed by atoms with Gasteiger partial charge in [0.2, 0.25) is 0 Å². The Balaban J connectivity index is 1.99. The maximum atomic E-state index is 8.75. The molecule has 0 saturated carbocycles. The van der Waals surface area contributed by atoms with Crippen molar-refractivity contribution in [2.24, 2.45) is 16.3 Å². The first-order valence-corrected chi connectivity index (χ1v) is 6.73. The summed E-state index contributed by atoms with van der Waals surface area (Å²) in [7, 11) is 0. The first-order valence-electron chi connectivity index (χ1n) is 6.73. The Labute approximate surface area is 119 Å². The van der Waals surface area contributed by atoms with Crippen molar-refractivity contribution in [1.82, 2.24) is 0 Å². The second kappa shape index (κ2) is 5.82. The van der Waals surface area contributed by atoms with E-state index >= 15 is 0 Å². The lowest BCUT2D eigenvalue weighted by atomic mass is 9.88. The number of oxime groups is 1. The largest absolute Gasteiger partial charge is 0.409 e. The Hall–Kier alpha value is -2.23. The van der Waals surface area contributed by atoms with Crippen LogP contribution >= 0.6 is 0 Å². The number of fused-ring (bicyclic) bond motifs is 1. The van der Waals surface area contributed by atoms with Gasteiger partial charge in [-0.3, -0.25) is 0 Å². The summed E-state index contributed by atoms with van der Waals surface area (Å²) in [6.07, 6.45) is 0.787. The minimum absolute atomic E-state index is 0.262. The van der Waals surface area contributed by atoms with Crippen LogP contribution in [-0.4, -0.2) is 17.6 Å². The molecule has 106 valence electrons. The van der Waals surface area contributed by atoms with Crippen LogP contribution in [-0.2, 0) is 0 Å². The molecule has 0 spiro atoms. The van der Waals surface area contributed by atoms with Crippen LogP contribution in [0.5, 0.6) is 0 Å². The normalized spacial score (nSPS) is 12.6. The van der Waals surface area contributed by atoms with Crippen LogP contribution in [0.3, 0.4) is 0 Å². The molecule has 2 rings (SSSR count). The molecular formula is C16H21N3O. The summed E-state index contributed by atoms with van der Waals surface area (Å²) in [6.45, 7) is 4.69. The molecule has 0 atom stereocenters. The molecule has 0 aliphatic heterocycles. The van der Waals surface area contributed by atoms with Gasteiger partial charge in [-0.05, 0) is 29.3 Å². The topological polar surface area (TPSA) is 70.6 Å². The van der Waals surface area contributed by atoms with E-state index in [1.165, 1.54) is 10.8 Å². The SMILES string of the molecule is CC(C)(CCNc1ccc2ccccc2c1)C(N)=NO. The summed E-state index contributed by atoms with van der Waals surface area (Å²) in [5, 5.41) is 17.7. The average Bonchev–Trinajstić information content (AvgIpc) is 2.46. The van der Waals surface area contributed by atoms with Gasteiger partial charge in [-0.1, -0.05) is 49.3 Å². The summed E-state index contributed by atoms with van der Waals surface area (Å²) in [5.41, 5.74) is 6.44. The summed E-state index contributed by atoms with van der Waals surface area (Å²) in [4.78, 5) is 0. The van der Waals surface area contributed by atoms with Crippen molar-refractivity contribution in [2.45, 2.75) is 20.3 Å². The number of nitrogens with zero attached hydrogens (tertiary/aromatic N) is 1. The van der Waals surface area contributed by atoms with E-state index in [1.54, 1.807) is 0 Å². The van der Waals surface area contributed by atoms with Crippen LogP contribution in [0.25, 0.3) is 10.8 Å². The molecule has 0 saturated heterocycles. The zero-order valence-corrected chi connectivity index (χ0v) is 11.9. The molecule has 0 fully saturated rings. The number of nitrogens with one attached hydrogen (secondary N) is 1. The number of amidine groups is 1. The first kappa shape index (κ1) is 14.2. The molecule has 0 amide bonds. The molecule has 0 bridgehead atoms. The quantitative estimate of drug-likeness (QED) is 0.338. The third-order valence-corrected chi connectivity index (χ3v) is 3.63. The fourth-order valence-electron chi connectivity index (χ4n) is 2.08. The highest BCUT2D eigenvalue weighted by Crippen LogP contribution is 2.22. The standard InChI is InChI=1S/C16H21N3O/c1-16(2,15(17)19-20)9-10-18-14-8-7-12-5-3-4-6-13(12)11-14/h3-8,11,18,20H,9-10H2,1-2H3,(H2,17,19). The Morgan fingerprint density at radius 3 is 2.60 bits per heavy atom. The highest BCUT2D eigenvalue weighted by molar-refractivity contribution is 5.86. The van der Waals surface area contributed by atoms with Gasteiger partial charge in [-0.2, -0.15) is 0 Å². The van der Waals surface area contributed by atoms with Gasteiger partial charge in [0.05, 0.1) is 0 Å². The molecule has 2 aromatic rings. The van der Waals surface area contributed by atoms with Crippen molar-refractivity contribution >= 4 is 22.3 Å². The molecule has 0 aliphatic rings. The molecule has 0 aliphatic carbocycles. The molecule has 2 aromatic carbocycles. The van der Waals surface area contributed by atoms with Gasteiger partial charge in [-0.25, -0.2) is 0 Å². The Morgan fingerprint density at radius 1 is 1.20 bits per heavy atom. The maximum Gasteiger partial charge on any atom is 0.144 e. The van der Waals surface area contributed by atoms with Crippen molar-refractivity contribution in [3.05, 3.63) is 42.5 Å². The van der Waals surface area contributed by atoms with E-state index in [2.05, 4.69) is 40.8 Å². The molecule has 20 heavy (non-hydrogen) atoms. The average molecular weight is 271 g/mol. The molecule has 0 unspecified atom stereocenters. The van der Waals surface area contributed by atoms with Crippen LogP contribution in [0, 0.1) is 5.41 Å². The van der Waals surface area contributed by atoms with Crippen molar-refractivity contribution in [3.63, 3.8) is 0 Å². The molecule has 0 heterocycles. The lowest BCUT2D eigenvalue weighted by molar-refractivity contribution is 0.306. The van der Waals surface area contributed by atoms with E-state index in [1.807, 2.05) is 26.0 Å². The van der Waals surface area contributed by atoms with Gasteiger partial charge in [0.1, 0.15) is 5.84 Å². The summed E-state index contributed by atoms with van der Waals surface area (Å²) in [5.74, 6) is 0.262. The van der Waals surface area contributed by atoms with Crippen LogP contribution in [0.4, 0.5) is 5.69 Å². The van der Waals surface area contributed by atoms with Crippen molar-refractivity contribution in [2.75, 3.05) is 11.9 Å². The van der Waals surface area contributed by atoms with Gasteiger partial charge in [0.15, 0.2) is 0 Å². The van der Waals surface area contributed by atoms with Crippen LogP contribution in [0.2, 0.25) is 0 Å². The van der Waals surface area contributed by atoms with Gasteiger partial charge in [0.25, 0.3) is 0 Å². The second-order valence-electron chi connectivity index (χ2n) is 5.61. The zero-order valence-electron chi connectivity index (χ0n) is 11.9. The Morgan fingerprint density at radius 2 is 1.90 bits per heavy atom. The van der Waals surface area contributed by atoms with E-state index in [4.69, 9.17) is 10.9 Å². The van der Waals surface area contributed by atoms with E-state index in [-0.39, 0.29) is 11.3 Å². The molecule has 4 heteroatoms. The highest BCUT2D eigenvalue weighted by atomic mass is 16.4. The fraction of sp³-hybridized carbons (Fsp3) is 0.312.